The van der Waals surface area contributed by atoms with Crippen molar-refractivity contribution in [2.45, 2.75) is 53.0 Å². The van der Waals surface area contributed by atoms with Crippen molar-refractivity contribution < 1.29 is 4.74 Å². The SMILES string of the molecule is CC1CCC(C(C)C)C(NCC2(C)COC2)C1. The minimum absolute atomic E-state index is 0.405. The van der Waals surface area contributed by atoms with Gasteiger partial charge in [0.05, 0.1) is 13.2 Å². The Hall–Kier alpha value is -0.0800. The van der Waals surface area contributed by atoms with Gasteiger partial charge in [-0.2, -0.15) is 0 Å². The molecule has 3 unspecified atom stereocenters. The fraction of sp³-hybridized carbons (Fsp3) is 1.00. The molecule has 2 aliphatic rings. The van der Waals surface area contributed by atoms with Crippen molar-refractivity contribution in [1.82, 2.24) is 5.32 Å². The van der Waals surface area contributed by atoms with Crippen molar-refractivity contribution in [3.63, 3.8) is 0 Å². The molecule has 100 valence electrons. The number of hydrogen-bond acceptors (Lipinski definition) is 2. The third-order valence-electron chi connectivity index (χ3n) is 4.71. The van der Waals surface area contributed by atoms with Crippen LogP contribution in [0, 0.1) is 23.2 Å². The predicted octanol–water partition coefficient (Wildman–Crippen LogP) is 3.07. The van der Waals surface area contributed by atoms with Gasteiger partial charge in [0.2, 0.25) is 0 Å². The maximum absolute atomic E-state index is 5.33. The van der Waals surface area contributed by atoms with E-state index in [-0.39, 0.29) is 0 Å². The van der Waals surface area contributed by atoms with Crippen LogP contribution in [0.25, 0.3) is 0 Å². The van der Waals surface area contributed by atoms with Gasteiger partial charge >= 0.3 is 0 Å². The fourth-order valence-electron chi connectivity index (χ4n) is 3.37. The summed E-state index contributed by atoms with van der Waals surface area (Å²) >= 11 is 0. The summed E-state index contributed by atoms with van der Waals surface area (Å²) in [6.07, 6.45) is 4.19. The molecule has 0 bridgehead atoms. The van der Waals surface area contributed by atoms with Gasteiger partial charge in [-0.1, -0.05) is 34.1 Å². The lowest BCUT2D eigenvalue weighted by molar-refractivity contribution is -0.101. The lowest BCUT2D eigenvalue weighted by Gasteiger charge is -2.43. The predicted molar refractivity (Wildman–Crippen MR) is 72.1 cm³/mol. The highest BCUT2D eigenvalue weighted by atomic mass is 16.5. The van der Waals surface area contributed by atoms with Crippen LogP contribution in [0.2, 0.25) is 0 Å². The van der Waals surface area contributed by atoms with E-state index in [4.69, 9.17) is 4.74 Å². The molecule has 0 aromatic carbocycles. The lowest BCUT2D eigenvalue weighted by atomic mass is 9.73. The molecular formula is C15H29NO. The summed E-state index contributed by atoms with van der Waals surface area (Å²) in [5.74, 6) is 2.58. The third-order valence-corrected chi connectivity index (χ3v) is 4.71. The zero-order valence-corrected chi connectivity index (χ0v) is 12.0. The molecule has 2 nitrogen and oxygen atoms in total. The Labute approximate surface area is 107 Å². The van der Waals surface area contributed by atoms with Crippen molar-refractivity contribution in [2.75, 3.05) is 19.8 Å². The maximum atomic E-state index is 5.33. The summed E-state index contributed by atoms with van der Waals surface area (Å²) < 4.78 is 5.33. The molecule has 1 aliphatic carbocycles. The minimum Gasteiger partial charge on any atom is -0.380 e. The molecule has 1 aliphatic heterocycles. The van der Waals surface area contributed by atoms with Crippen molar-refractivity contribution in [1.29, 1.82) is 0 Å². The molecule has 0 aromatic heterocycles. The molecule has 2 fully saturated rings. The van der Waals surface area contributed by atoms with E-state index in [0.29, 0.717) is 5.41 Å². The Morgan fingerprint density at radius 3 is 2.53 bits per heavy atom. The zero-order chi connectivity index (χ0) is 12.5. The first-order valence-corrected chi connectivity index (χ1v) is 7.31. The molecule has 0 spiro atoms. The largest absolute Gasteiger partial charge is 0.380 e. The summed E-state index contributed by atoms with van der Waals surface area (Å²) in [7, 11) is 0. The molecule has 1 N–H and O–H groups in total. The Bertz CT molecular complexity index is 247. The van der Waals surface area contributed by atoms with E-state index in [1.165, 1.54) is 19.3 Å². The van der Waals surface area contributed by atoms with E-state index in [2.05, 4.69) is 33.0 Å². The summed E-state index contributed by atoms with van der Waals surface area (Å²) in [6, 6.07) is 0.733. The van der Waals surface area contributed by atoms with Crippen molar-refractivity contribution in [2.24, 2.45) is 23.2 Å². The van der Waals surface area contributed by atoms with E-state index in [9.17, 15) is 0 Å². The summed E-state index contributed by atoms with van der Waals surface area (Å²) in [4.78, 5) is 0. The van der Waals surface area contributed by atoms with Gasteiger partial charge in [-0.25, -0.2) is 0 Å². The third kappa shape index (κ3) is 3.23. The van der Waals surface area contributed by atoms with Crippen LogP contribution in [0.4, 0.5) is 0 Å². The normalized spacial score (nSPS) is 36.9. The average molecular weight is 239 g/mol. The summed E-state index contributed by atoms with van der Waals surface area (Å²) in [6.45, 7) is 12.5. The quantitative estimate of drug-likeness (QED) is 0.814. The molecule has 0 aromatic rings. The second kappa shape index (κ2) is 5.27. The van der Waals surface area contributed by atoms with E-state index >= 15 is 0 Å². The van der Waals surface area contributed by atoms with Gasteiger partial charge in [-0.05, 0) is 30.6 Å². The maximum Gasteiger partial charge on any atom is 0.0554 e. The second-order valence-electron chi connectivity index (χ2n) is 7.12. The molecule has 0 amide bonds. The van der Waals surface area contributed by atoms with Gasteiger partial charge in [-0.15, -0.1) is 0 Å². The summed E-state index contributed by atoms with van der Waals surface area (Å²) in [5, 5.41) is 3.85. The standard InChI is InChI=1S/C15H29NO/c1-11(2)13-6-5-12(3)7-14(13)16-8-15(4)9-17-10-15/h11-14,16H,5-10H2,1-4H3. The van der Waals surface area contributed by atoms with Crippen LogP contribution in [-0.2, 0) is 4.74 Å². The number of hydrogen-bond donors (Lipinski definition) is 1. The Morgan fingerprint density at radius 1 is 1.29 bits per heavy atom. The molecule has 1 heterocycles. The Morgan fingerprint density at radius 2 is 2.00 bits per heavy atom. The van der Waals surface area contributed by atoms with Crippen molar-refractivity contribution in [3.8, 4) is 0 Å². The number of ether oxygens (including phenoxy) is 1. The average Bonchev–Trinajstić information content (AvgIpc) is 2.23. The van der Waals surface area contributed by atoms with E-state index in [1.807, 2.05) is 0 Å². The first-order valence-electron chi connectivity index (χ1n) is 7.31. The molecule has 0 radical (unpaired) electrons. The molecular weight excluding hydrogens is 210 g/mol. The Balaban J connectivity index is 1.86. The van der Waals surface area contributed by atoms with E-state index < -0.39 is 0 Å². The monoisotopic (exact) mass is 239 g/mol. The fourth-order valence-corrected chi connectivity index (χ4v) is 3.37. The molecule has 1 saturated heterocycles. The Kier molecular flexibility index (Phi) is 4.14. The minimum atomic E-state index is 0.405. The first-order chi connectivity index (χ1) is 8.00. The molecule has 1 saturated carbocycles. The van der Waals surface area contributed by atoms with Gasteiger partial charge in [0.1, 0.15) is 0 Å². The van der Waals surface area contributed by atoms with Gasteiger partial charge in [-0.3, -0.25) is 0 Å². The van der Waals surface area contributed by atoms with Crippen LogP contribution in [0.1, 0.15) is 47.0 Å². The van der Waals surface area contributed by atoms with Gasteiger partial charge < -0.3 is 10.1 Å². The summed E-state index contributed by atoms with van der Waals surface area (Å²) in [5.41, 5.74) is 0.405. The highest BCUT2D eigenvalue weighted by molar-refractivity contribution is 4.89. The molecule has 17 heavy (non-hydrogen) atoms. The van der Waals surface area contributed by atoms with Crippen LogP contribution in [-0.4, -0.2) is 25.8 Å². The topological polar surface area (TPSA) is 21.3 Å². The first kappa shape index (κ1) is 13.4. The van der Waals surface area contributed by atoms with Crippen LogP contribution in [0.5, 0.6) is 0 Å². The van der Waals surface area contributed by atoms with Gasteiger partial charge in [0.15, 0.2) is 0 Å². The van der Waals surface area contributed by atoms with Crippen LogP contribution >= 0.6 is 0 Å². The van der Waals surface area contributed by atoms with Crippen molar-refractivity contribution >= 4 is 0 Å². The van der Waals surface area contributed by atoms with Crippen molar-refractivity contribution in [3.05, 3.63) is 0 Å². The van der Waals surface area contributed by atoms with Crippen LogP contribution in [0.15, 0.2) is 0 Å². The number of nitrogens with one attached hydrogen (secondary N) is 1. The molecule has 2 rings (SSSR count). The van der Waals surface area contributed by atoms with Gasteiger partial charge in [0.25, 0.3) is 0 Å². The van der Waals surface area contributed by atoms with Crippen LogP contribution < -0.4 is 5.32 Å². The highest BCUT2D eigenvalue weighted by Gasteiger charge is 2.36. The molecule has 3 atom stereocenters. The molecule has 2 heteroatoms. The smallest absolute Gasteiger partial charge is 0.0554 e. The van der Waals surface area contributed by atoms with Crippen LogP contribution in [0.3, 0.4) is 0 Å². The van der Waals surface area contributed by atoms with E-state index in [1.54, 1.807) is 0 Å². The zero-order valence-electron chi connectivity index (χ0n) is 12.0. The number of rotatable bonds is 4. The lowest BCUT2D eigenvalue weighted by Crippen LogP contribution is -2.52. The second-order valence-corrected chi connectivity index (χ2v) is 7.12. The highest BCUT2D eigenvalue weighted by Crippen LogP contribution is 2.34. The van der Waals surface area contributed by atoms with Gasteiger partial charge in [0, 0.05) is 18.0 Å². The van der Waals surface area contributed by atoms with E-state index in [0.717, 1.165) is 43.6 Å².